The van der Waals surface area contributed by atoms with Crippen LogP contribution in [0.1, 0.15) is 6.92 Å². The average Bonchev–Trinajstić information content (AvgIpc) is 2.09. The number of nitrogens with one attached hydrogen (secondary N) is 1. The smallest absolute Gasteiger partial charge is 0.237 e. The van der Waals surface area contributed by atoms with Crippen LogP contribution in [0.4, 0.5) is 10.1 Å². The van der Waals surface area contributed by atoms with E-state index in [0.29, 0.717) is 5.69 Å². The Morgan fingerprint density at radius 2 is 2.31 bits per heavy atom. The van der Waals surface area contributed by atoms with Gasteiger partial charge < -0.3 is 5.32 Å². The van der Waals surface area contributed by atoms with Gasteiger partial charge in [0.15, 0.2) is 0 Å². The number of hydrogen-bond donors (Lipinski definition) is 1. The highest BCUT2D eigenvalue weighted by Gasteiger charge is 2.24. The summed E-state index contributed by atoms with van der Waals surface area (Å²) in [7, 11) is 0. The van der Waals surface area contributed by atoms with Crippen molar-refractivity contribution in [2.24, 2.45) is 0 Å². The lowest BCUT2D eigenvalue weighted by atomic mass is 10.3. The molecule has 1 aliphatic heterocycles. The first-order chi connectivity index (χ1) is 6.18. The van der Waals surface area contributed by atoms with Crippen LogP contribution in [0.3, 0.4) is 0 Å². The summed E-state index contributed by atoms with van der Waals surface area (Å²) in [5.41, 5.74) is 0.315. The van der Waals surface area contributed by atoms with Gasteiger partial charge in [-0.15, -0.1) is 11.8 Å². The molecule has 13 heavy (non-hydrogen) atoms. The van der Waals surface area contributed by atoms with E-state index in [0.717, 1.165) is 4.90 Å². The van der Waals surface area contributed by atoms with Gasteiger partial charge in [-0.2, -0.15) is 0 Å². The fourth-order valence-corrected chi connectivity index (χ4v) is 2.16. The molecule has 1 heterocycles. The quantitative estimate of drug-likeness (QED) is 0.691. The Labute approximate surface area is 79.5 Å². The van der Waals surface area contributed by atoms with Crippen molar-refractivity contribution >= 4 is 23.4 Å². The van der Waals surface area contributed by atoms with Crippen molar-refractivity contribution in [3.8, 4) is 0 Å². The van der Waals surface area contributed by atoms with Crippen LogP contribution in [0.2, 0.25) is 0 Å². The van der Waals surface area contributed by atoms with E-state index in [1.54, 1.807) is 19.1 Å². The van der Waals surface area contributed by atoms with E-state index in [2.05, 4.69) is 5.32 Å². The molecule has 1 aliphatic rings. The van der Waals surface area contributed by atoms with Gasteiger partial charge in [-0.05, 0) is 19.1 Å². The first-order valence-electron chi connectivity index (χ1n) is 3.94. The number of amides is 1. The summed E-state index contributed by atoms with van der Waals surface area (Å²) in [5, 5.41) is 2.40. The van der Waals surface area contributed by atoms with Crippen LogP contribution in [0.5, 0.6) is 0 Å². The molecule has 1 aromatic carbocycles. The molecule has 1 amide bonds. The number of rotatable bonds is 0. The molecule has 0 saturated heterocycles. The Morgan fingerprint density at radius 1 is 1.54 bits per heavy atom. The third-order valence-corrected chi connectivity index (χ3v) is 3.06. The first kappa shape index (κ1) is 8.56. The van der Waals surface area contributed by atoms with E-state index < -0.39 is 0 Å². The molecule has 1 atom stereocenters. The van der Waals surface area contributed by atoms with Gasteiger partial charge in [-0.3, -0.25) is 4.79 Å². The lowest BCUT2D eigenvalue weighted by Gasteiger charge is -2.21. The van der Waals surface area contributed by atoms with E-state index >= 15 is 0 Å². The molecule has 0 bridgehead atoms. The lowest BCUT2D eigenvalue weighted by Crippen LogP contribution is -2.27. The Kier molecular flexibility index (Phi) is 2.00. The SMILES string of the molecule is CC1Sc2cccc(F)c2NC1=O. The molecular weight excluding hydrogens is 189 g/mol. The number of thioether (sulfide) groups is 1. The molecule has 1 unspecified atom stereocenters. The summed E-state index contributed by atoms with van der Waals surface area (Å²) >= 11 is 1.38. The molecule has 0 saturated carbocycles. The van der Waals surface area contributed by atoms with Gasteiger partial charge in [0, 0.05) is 4.90 Å². The molecule has 0 aromatic heterocycles. The molecule has 1 aromatic rings. The van der Waals surface area contributed by atoms with E-state index in [9.17, 15) is 9.18 Å². The Bertz CT molecular complexity index is 367. The predicted molar refractivity (Wildman–Crippen MR) is 50.3 cm³/mol. The third-order valence-electron chi connectivity index (χ3n) is 1.90. The van der Waals surface area contributed by atoms with Crippen LogP contribution in [-0.4, -0.2) is 11.2 Å². The number of para-hydroxylation sites is 1. The molecule has 2 nitrogen and oxygen atoms in total. The zero-order valence-electron chi connectivity index (χ0n) is 7.00. The Balaban J connectivity index is 2.48. The van der Waals surface area contributed by atoms with Gasteiger partial charge >= 0.3 is 0 Å². The molecule has 0 radical (unpaired) electrons. The van der Waals surface area contributed by atoms with Gasteiger partial charge in [-0.25, -0.2) is 4.39 Å². The number of benzene rings is 1. The molecule has 0 aliphatic carbocycles. The van der Waals surface area contributed by atoms with Crippen molar-refractivity contribution in [3.05, 3.63) is 24.0 Å². The Morgan fingerprint density at radius 3 is 3.08 bits per heavy atom. The highest BCUT2D eigenvalue weighted by molar-refractivity contribution is 8.00. The molecule has 2 rings (SSSR count). The first-order valence-corrected chi connectivity index (χ1v) is 4.82. The monoisotopic (exact) mass is 197 g/mol. The van der Waals surface area contributed by atoms with Gasteiger partial charge in [0.1, 0.15) is 5.82 Å². The minimum atomic E-state index is -0.370. The van der Waals surface area contributed by atoms with Crippen LogP contribution < -0.4 is 5.32 Å². The van der Waals surface area contributed by atoms with E-state index in [1.807, 2.05) is 0 Å². The third kappa shape index (κ3) is 1.42. The van der Waals surface area contributed by atoms with E-state index in [4.69, 9.17) is 0 Å². The van der Waals surface area contributed by atoms with E-state index in [-0.39, 0.29) is 17.0 Å². The number of hydrogen-bond acceptors (Lipinski definition) is 2. The van der Waals surface area contributed by atoms with Crippen LogP contribution in [0.25, 0.3) is 0 Å². The standard InChI is InChI=1S/C9H8FNOS/c1-5-9(12)11-8-6(10)3-2-4-7(8)13-5/h2-5H,1H3,(H,11,12). The highest BCUT2D eigenvalue weighted by Crippen LogP contribution is 2.36. The molecule has 68 valence electrons. The maximum Gasteiger partial charge on any atom is 0.237 e. The van der Waals surface area contributed by atoms with Crippen molar-refractivity contribution in [1.82, 2.24) is 0 Å². The number of fused-ring (bicyclic) bond motifs is 1. The number of carbonyl (C=O) groups is 1. The van der Waals surface area contributed by atoms with Crippen molar-refractivity contribution in [1.29, 1.82) is 0 Å². The van der Waals surface area contributed by atoms with Gasteiger partial charge in [0.05, 0.1) is 10.9 Å². The zero-order chi connectivity index (χ0) is 9.42. The lowest BCUT2D eigenvalue weighted by molar-refractivity contribution is -0.115. The summed E-state index contributed by atoms with van der Waals surface area (Å²) in [6.45, 7) is 1.80. The maximum absolute atomic E-state index is 13.1. The van der Waals surface area contributed by atoms with Crippen LogP contribution in [0.15, 0.2) is 23.1 Å². The summed E-state index contributed by atoms with van der Waals surface area (Å²) in [6.07, 6.45) is 0. The van der Waals surface area contributed by atoms with E-state index in [1.165, 1.54) is 17.8 Å². The normalized spacial score (nSPS) is 20.8. The summed E-state index contributed by atoms with van der Waals surface area (Å²) in [5.74, 6) is -0.507. The Hall–Kier alpha value is -1.03. The second kappa shape index (κ2) is 3.03. The van der Waals surface area contributed by atoms with Gasteiger partial charge in [0.2, 0.25) is 5.91 Å². The fraction of sp³-hybridized carbons (Fsp3) is 0.222. The van der Waals surface area contributed by atoms with Crippen LogP contribution in [-0.2, 0) is 4.79 Å². The van der Waals surface area contributed by atoms with Gasteiger partial charge in [0.25, 0.3) is 0 Å². The van der Waals surface area contributed by atoms with Crippen molar-refractivity contribution in [3.63, 3.8) is 0 Å². The minimum absolute atomic E-state index is 0.136. The average molecular weight is 197 g/mol. The summed E-state index contributed by atoms with van der Waals surface area (Å²) in [4.78, 5) is 12.0. The van der Waals surface area contributed by atoms with Crippen LogP contribution in [0, 0.1) is 5.82 Å². The second-order valence-electron chi connectivity index (χ2n) is 2.86. The molecule has 0 fully saturated rings. The minimum Gasteiger partial charge on any atom is -0.322 e. The maximum atomic E-state index is 13.1. The zero-order valence-corrected chi connectivity index (χ0v) is 7.82. The number of halogens is 1. The molecule has 1 N–H and O–H groups in total. The largest absolute Gasteiger partial charge is 0.322 e. The molecule has 4 heteroatoms. The predicted octanol–water partition coefficient (Wildman–Crippen LogP) is 2.26. The fourth-order valence-electron chi connectivity index (χ4n) is 1.19. The summed E-state index contributed by atoms with van der Waals surface area (Å²) in [6, 6.07) is 4.79. The molecular formula is C9H8FNOS. The van der Waals surface area contributed by atoms with Gasteiger partial charge in [-0.1, -0.05) is 6.07 Å². The number of carbonyl (C=O) groups excluding carboxylic acids is 1. The second-order valence-corrected chi connectivity index (χ2v) is 4.24. The molecule has 0 spiro atoms. The number of anilines is 1. The highest BCUT2D eigenvalue weighted by atomic mass is 32.2. The van der Waals surface area contributed by atoms with Crippen LogP contribution >= 0.6 is 11.8 Å². The topological polar surface area (TPSA) is 29.1 Å². The van der Waals surface area contributed by atoms with Crippen molar-refractivity contribution in [2.45, 2.75) is 17.1 Å². The summed E-state index contributed by atoms with van der Waals surface area (Å²) < 4.78 is 13.1. The van der Waals surface area contributed by atoms with Crippen molar-refractivity contribution < 1.29 is 9.18 Å². The van der Waals surface area contributed by atoms with Crippen molar-refractivity contribution in [2.75, 3.05) is 5.32 Å².